The van der Waals surface area contributed by atoms with Crippen molar-refractivity contribution in [3.63, 3.8) is 0 Å². The van der Waals surface area contributed by atoms with Gasteiger partial charge in [0.15, 0.2) is 5.65 Å². The highest BCUT2D eigenvalue weighted by Crippen LogP contribution is 2.29. The van der Waals surface area contributed by atoms with Crippen LogP contribution in [-0.4, -0.2) is 25.1 Å². The van der Waals surface area contributed by atoms with E-state index in [1.807, 2.05) is 55.1 Å². The van der Waals surface area contributed by atoms with Gasteiger partial charge >= 0.3 is 0 Å². The molecule has 0 unspecified atom stereocenters. The van der Waals surface area contributed by atoms with E-state index in [2.05, 4.69) is 15.4 Å². The van der Waals surface area contributed by atoms with Gasteiger partial charge in [0.1, 0.15) is 5.82 Å². The number of aromatic nitrogens is 4. The van der Waals surface area contributed by atoms with Gasteiger partial charge in [0.2, 0.25) is 5.95 Å². The van der Waals surface area contributed by atoms with E-state index in [-0.39, 0.29) is 23.7 Å². The van der Waals surface area contributed by atoms with Gasteiger partial charge in [0, 0.05) is 30.3 Å². The molecule has 2 aromatic carbocycles. The van der Waals surface area contributed by atoms with Gasteiger partial charge in [0.05, 0.1) is 11.6 Å². The Morgan fingerprint density at radius 3 is 2.62 bits per heavy atom. The number of hydrogen-bond donors (Lipinski definition) is 2. The average molecular weight is 428 g/mol. The molecule has 5 rings (SSSR count). The number of anilines is 1. The number of nitrogens with two attached hydrogens (primary N) is 1. The maximum atomic E-state index is 13.2. The van der Waals surface area contributed by atoms with Gasteiger partial charge in [-0.3, -0.25) is 4.79 Å². The summed E-state index contributed by atoms with van der Waals surface area (Å²) in [5.41, 5.74) is 10.6. The van der Waals surface area contributed by atoms with Gasteiger partial charge < -0.3 is 15.6 Å². The zero-order chi connectivity index (χ0) is 22.4. The van der Waals surface area contributed by atoms with Gasteiger partial charge in [-0.2, -0.15) is 4.98 Å². The van der Waals surface area contributed by atoms with Crippen molar-refractivity contribution in [1.29, 1.82) is 0 Å². The number of nitrogens with one attached hydrogen (secondary N) is 1. The quantitative estimate of drug-likeness (QED) is 0.451. The van der Waals surface area contributed by atoms with Crippen LogP contribution < -0.4 is 11.1 Å². The third kappa shape index (κ3) is 3.45. The standard InChI is InChI=1S/C24H21FN6O/c1-14(15-3-6-18(25)7-4-15)27-23(32)20-13-30(2)21-8-5-16(11-19(20)21)17-9-10-31-22(12-17)28-24(26)29-31/h3-14H,1-2H3,(H2,26,29)(H,27,32)/t14-/m0/s1. The first-order chi connectivity index (χ1) is 15.4. The third-order valence-corrected chi connectivity index (χ3v) is 5.64. The average Bonchev–Trinajstić information content (AvgIpc) is 3.32. The molecule has 0 spiro atoms. The largest absolute Gasteiger partial charge is 0.366 e. The molecule has 5 aromatic rings. The number of aryl methyl sites for hydroxylation is 1. The fourth-order valence-electron chi connectivity index (χ4n) is 3.94. The van der Waals surface area contributed by atoms with Crippen LogP contribution in [0.1, 0.15) is 28.9 Å². The smallest absolute Gasteiger partial charge is 0.253 e. The zero-order valence-electron chi connectivity index (χ0n) is 17.6. The number of pyridine rings is 1. The lowest BCUT2D eigenvalue weighted by atomic mass is 10.0. The summed E-state index contributed by atoms with van der Waals surface area (Å²) >= 11 is 0. The summed E-state index contributed by atoms with van der Waals surface area (Å²) in [6, 6.07) is 15.7. The van der Waals surface area contributed by atoms with Crippen LogP contribution in [0.2, 0.25) is 0 Å². The molecule has 7 nitrogen and oxygen atoms in total. The molecule has 0 aliphatic rings. The summed E-state index contributed by atoms with van der Waals surface area (Å²) in [5, 5.41) is 7.96. The summed E-state index contributed by atoms with van der Waals surface area (Å²) in [6.07, 6.45) is 3.63. The molecule has 0 saturated carbocycles. The van der Waals surface area contributed by atoms with Gasteiger partial charge in [-0.1, -0.05) is 18.2 Å². The molecule has 0 fully saturated rings. The maximum absolute atomic E-state index is 13.2. The van der Waals surface area contributed by atoms with Crippen LogP contribution in [0, 0.1) is 5.82 Å². The Kier molecular flexibility index (Phi) is 4.62. The van der Waals surface area contributed by atoms with E-state index in [0.717, 1.165) is 27.6 Å². The highest BCUT2D eigenvalue weighted by Gasteiger charge is 2.17. The van der Waals surface area contributed by atoms with E-state index < -0.39 is 0 Å². The van der Waals surface area contributed by atoms with E-state index in [9.17, 15) is 9.18 Å². The van der Waals surface area contributed by atoms with Crippen molar-refractivity contribution in [2.75, 3.05) is 5.73 Å². The lowest BCUT2D eigenvalue weighted by Gasteiger charge is -2.14. The third-order valence-electron chi connectivity index (χ3n) is 5.64. The molecule has 160 valence electrons. The number of rotatable bonds is 4. The first kappa shape index (κ1) is 19.7. The number of hydrogen-bond acceptors (Lipinski definition) is 4. The van der Waals surface area contributed by atoms with Crippen molar-refractivity contribution in [3.05, 3.63) is 83.9 Å². The number of carbonyl (C=O) groups is 1. The van der Waals surface area contributed by atoms with Crippen LogP contribution in [0.25, 0.3) is 27.7 Å². The Labute approximate surface area is 183 Å². The summed E-state index contributed by atoms with van der Waals surface area (Å²) < 4.78 is 16.8. The highest BCUT2D eigenvalue weighted by molar-refractivity contribution is 6.08. The van der Waals surface area contributed by atoms with E-state index in [1.165, 1.54) is 12.1 Å². The summed E-state index contributed by atoms with van der Waals surface area (Å²) in [6.45, 7) is 1.88. The van der Waals surface area contributed by atoms with Gasteiger partial charge in [-0.05, 0) is 60.0 Å². The number of amides is 1. The topological polar surface area (TPSA) is 90.2 Å². The number of nitrogen functional groups attached to an aromatic ring is 1. The van der Waals surface area contributed by atoms with Crippen molar-refractivity contribution in [1.82, 2.24) is 24.5 Å². The predicted molar refractivity (Wildman–Crippen MR) is 122 cm³/mol. The summed E-state index contributed by atoms with van der Waals surface area (Å²) in [5.74, 6) is -0.277. The van der Waals surface area contributed by atoms with Crippen LogP contribution in [0.15, 0.2) is 67.0 Å². The van der Waals surface area contributed by atoms with Crippen LogP contribution in [0.4, 0.5) is 10.3 Å². The molecule has 3 heterocycles. The fraction of sp³-hybridized carbons (Fsp3) is 0.125. The van der Waals surface area contributed by atoms with Crippen LogP contribution in [-0.2, 0) is 7.05 Å². The van der Waals surface area contributed by atoms with Crippen molar-refractivity contribution in [3.8, 4) is 11.1 Å². The monoisotopic (exact) mass is 428 g/mol. The number of carbonyl (C=O) groups excluding carboxylic acids is 1. The Bertz CT molecular complexity index is 1470. The summed E-state index contributed by atoms with van der Waals surface area (Å²) in [4.78, 5) is 17.3. The first-order valence-corrected chi connectivity index (χ1v) is 10.2. The molecular weight excluding hydrogens is 407 g/mol. The van der Waals surface area contributed by atoms with E-state index in [0.29, 0.717) is 11.2 Å². The zero-order valence-corrected chi connectivity index (χ0v) is 17.6. The van der Waals surface area contributed by atoms with Crippen LogP contribution >= 0.6 is 0 Å². The van der Waals surface area contributed by atoms with Crippen LogP contribution in [0.3, 0.4) is 0 Å². The minimum absolute atomic E-state index is 0.190. The Balaban J connectivity index is 1.50. The summed E-state index contributed by atoms with van der Waals surface area (Å²) in [7, 11) is 1.91. The molecule has 1 atom stereocenters. The second kappa shape index (κ2) is 7.49. The number of halogens is 1. The normalized spacial score (nSPS) is 12.3. The molecule has 32 heavy (non-hydrogen) atoms. The number of fused-ring (bicyclic) bond motifs is 2. The highest BCUT2D eigenvalue weighted by atomic mass is 19.1. The molecule has 0 bridgehead atoms. The molecule has 3 N–H and O–H groups in total. The lowest BCUT2D eigenvalue weighted by molar-refractivity contribution is 0.0941. The van der Waals surface area contributed by atoms with Crippen LogP contribution in [0.5, 0.6) is 0 Å². The molecular formula is C24H21FN6O. The van der Waals surface area contributed by atoms with Crippen molar-refractivity contribution in [2.24, 2.45) is 7.05 Å². The minimum atomic E-state index is -0.305. The molecule has 0 radical (unpaired) electrons. The number of nitrogens with zero attached hydrogens (tertiary/aromatic N) is 4. The molecule has 1 amide bonds. The second-order valence-corrected chi connectivity index (χ2v) is 7.82. The van der Waals surface area contributed by atoms with Gasteiger partial charge in [-0.15, -0.1) is 5.10 Å². The minimum Gasteiger partial charge on any atom is -0.366 e. The van der Waals surface area contributed by atoms with Crippen molar-refractivity contribution < 1.29 is 9.18 Å². The SMILES string of the molecule is C[C@H](NC(=O)c1cn(C)c2ccc(-c3ccn4nc(N)nc4c3)cc12)c1ccc(F)cc1. The fourth-order valence-corrected chi connectivity index (χ4v) is 3.94. The van der Waals surface area contributed by atoms with Gasteiger partial charge in [0.25, 0.3) is 5.91 Å². The molecule has 8 heteroatoms. The van der Waals surface area contributed by atoms with Crippen molar-refractivity contribution in [2.45, 2.75) is 13.0 Å². The van der Waals surface area contributed by atoms with Crippen molar-refractivity contribution >= 4 is 28.4 Å². The Hall–Kier alpha value is -4.20. The first-order valence-electron chi connectivity index (χ1n) is 10.2. The molecule has 0 aliphatic heterocycles. The number of benzene rings is 2. The maximum Gasteiger partial charge on any atom is 0.253 e. The van der Waals surface area contributed by atoms with E-state index >= 15 is 0 Å². The lowest BCUT2D eigenvalue weighted by Crippen LogP contribution is -2.26. The molecule has 3 aromatic heterocycles. The Morgan fingerprint density at radius 2 is 1.84 bits per heavy atom. The Morgan fingerprint density at radius 1 is 1.09 bits per heavy atom. The second-order valence-electron chi connectivity index (χ2n) is 7.82. The van der Waals surface area contributed by atoms with E-state index in [4.69, 9.17) is 5.73 Å². The molecule has 0 aliphatic carbocycles. The predicted octanol–water partition coefficient (Wildman–Crippen LogP) is 4.10. The van der Waals surface area contributed by atoms with Gasteiger partial charge in [-0.25, -0.2) is 8.91 Å². The van der Waals surface area contributed by atoms with E-state index in [1.54, 1.807) is 22.8 Å². The molecule has 0 saturated heterocycles.